The lowest BCUT2D eigenvalue weighted by atomic mass is 10.2. The van der Waals surface area contributed by atoms with E-state index >= 15 is 0 Å². The van der Waals surface area contributed by atoms with Crippen molar-refractivity contribution in [1.82, 2.24) is 9.80 Å². The maximum absolute atomic E-state index is 11.2. The van der Waals surface area contributed by atoms with E-state index in [9.17, 15) is 10.1 Å². The van der Waals surface area contributed by atoms with Crippen molar-refractivity contribution in [2.45, 2.75) is 6.42 Å². The molecule has 2 rings (SSSR count). The summed E-state index contributed by atoms with van der Waals surface area (Å²) in [6.45, 7) is 5.84. The molecule has 6 nitrogen and oxygen atoms in total. The van der Waals surface area contributed by atoms with Gasteiger partial charge in [0.05, 0.1) is 4.92 Å². The van der Waals surface area contributed by atoms with E-state index in [0.29, 0.717) is 0 Å². The number of rotatable bonds is 5. The number of hydrogen-bond donors (Lipinski definition) is 0. The van der Waals surface area contributed by atoms with Gasteiger partial charge in [-0.25, -0.2) is 0 Å². The minimum absolute atomic E-state index is 0.208. The van der Waals surface area contributed by atoms with Crippen LogP contribution in [0.5, 0.6) is 0 Å². The molecular weight excluding hydrogens is 268 g/mol. The highest BCUT2D eigenvalue weighted by molar-refractivity contribution is 5.63. The Bertz CT molecular complexity index is 478. The number of benzene rings is 1. The van der Waals surface area contributed by atoms with Crippen LogP contribution in [0.25, 0.3) is 0 Å². The average Bonchev–Trinajstić information content (AvgIpc) is 2.70. The zero-order chi connectivity index (χ0) is 15.2. The van der Waals surface area contributed by atoms with Crippen LogP contribution in [-0.2, 0) is 0 Å². The third kappa shape index (κ3) is 4.41. The Morgan fingerprint density at radius 1 is 1.19 bits per heavy atom. The number of nitro benzene ring substituents is 1. The molecule has 1 fully saturated rings. The monoisotopic (exact) mass is 292 g/mol. The highest BCUT2D eigenvalue weighted by atomic mass is 16.6. The molecule has 0 aromatic heterocycles. The summed E-state index contributed by atoms with van der Waals surface area (Å²) in [5.74, 6) is 0. The van der Waals surface area contributed by atoms with E-state index in [1.54, 1.807) is 12.1 Å². The fraction of sp³-hybridized carbons (Fsp3) is 0.600. The van der Waals surface area contributed by atoms with Crippen LogP contribution in [0.15, 0.2) is 24.3 Å². The molecule has 0 unspecified atom stereocenters. The molecule has 1 aromatic carbocycles. The van der Waals surface area contributed by atoms with E-state index in [-0.39, 0.29) is 10.6 Å². The normalized spacial score (nSPS) is 17.0. The summed E-state index contributed by atoms with van der Waals surface area (Å²) in [5.41, 5.74) is 0.955. The van der Waals surface area contributed by atoms with Crippen molar-refractivity contribution in [3.63, 3.8) is 0 Å². The topological polar surface area (TPSA) is 52.9 Å². The predicted molar refractivity (Wildman–Crippen MR) is 84.9 cm³/mol. The fourth-order valence-corrected chi connectivity index (χ4v) is 2.66. The molecule has 0 bridgehead atoms. The first-order valence-electron chi connectivity index (χ1n) is 7.43. The maximum atomic E-state index is 11.2. The van der Waals surface area contributed by atoms with Crippen LogP contribution in [0.2, 0.25) is 0 Å². The van der Waals surface area contributed by atoms with Gasteiger partial charge in [0.2, 0.25) is 0 Å². The minimum Gasteiger partial charge on any atom is -0.365 e. The molecule has 1 saturated heterocycles. The van der Waals surface area contributed by atoms with E-state index in [1.807, 2.05) is 12.1 Å². The number of para-hydroxylation sites is 2. The summed E-state index contributed by atoms with van der Waals surface area (Å²) >= 11 is 0. The van der Waals surface area contributed by atoms with Crippen LogP contribution < -0.4 is 4.90 Å². The molecule has 0 saturated carbocycles. The van der Waals surface area contributed by atoms with Gasteiger partial charge in [0.1, 0.15) is 5.69 Å². The Balaban J connectivity index is 2.01. The zero-order valence-corrected chi connectivity index (χ0v) is 12.9. The Labute approximate surface area is 126 Å². The SMILES string of the molecule is CN(C)CCN1CCCN(c2ccccc2[N+](=O)[O-])CC1. The lowest BCUT2D eigenvalue weighted by molar-refractivity contribution is -0.384. The summed E-state index contributed by atoms with van der Waals surface area (Å²) in [6.07, 6.45) is 1.04. The number of hydrogen-bond acceptors (Lipinski definition) is 5. The molecule has 0 radical (unpaired) electrons. The van der Waals surface area contributed by atoms with Crippen LogP contribution >= 0.6 is 0 Å². The zero-order valence-electron chi connectivity index (χ0n) is 12.9. The van der Waals surface area contributed by atoms with Gasteiger partial charge in [-0.05, 0) is 33.1 Å². The maximum Gasteiger partial charge on any atom is 0.292 e. The number of likely N-dealkylation sites (N-methyl/N-ethyl adjacent to an activating group) is 1. The second kappa shape index (κ2) is 7.38. The standard InChI is InChI=1S/C15H24N4O2/c1-16(2)10-11-17-8-5-9-18(13-12-17)14-6-3-4-7-15(14)19(20)21/h3-4,6-7H,5,8-13H2,1-2H3. The second-order valence-corrected chi connectivity index (χ2v) is 5.73. The first-order chi connectivity index (χ1) is 10.1. The van der Waals surface area contributed by atoms with Crippen LogP contribution in [0.1, 0.15) is 6.42 Å². The lowest BCUT2D eigenvalue weighted by Crippen LogP contribution is -2.35. The van der Waals surface area contributed by atoms with Gasteiger partial charge in [-0.1, -0.05) is 12.1 Å². The third-order valence-corrected chi connectivity index (χ3v) is 3.87. The molecule has 116 valence electrons. The van der Waals surface area contributed by atoms with Crippen molar-refractivity contribution in [3.05, 3.63) is 34.4 Å². The molecule has 1 heterocycles. The largest absolute Gasteiger partial charge is 0.365 e. The highest BCUT2D eigenvalue weighted by Gasteiger charge is 2.21. The van der Waals surface area contributed by atoms with Crippen molar-refractivity contribution >= 4 is 11.4 Å². The Kier molecular flexibility index (Phi) is 5.52. The number of nitro groups is 1. The third-order valence-electron chi connectivity index (χ3n) is 3.87. The summed E-state index contributed by atoms with van der Waals surface area (Å²) in [4.78, 5) is 17.6. The quantitative estimate of drug-likeness (QED) is 0.610. The molecule has 21 heavy (non-hydrogen) atoms. The molecule has 6 heteroatoms. The van der Waals surface area contributed by atoms with Crippen molar-refractivity contribution in [3.8, 4) is 0 Å². The smallest absolute Gasteiger partial charge is 0.292 e. The van der Waals surface area contributed by atoms with E-state index < -0.39 is 0 Å². The first-order valence-corrected chi connectivity index (χ1v) is 7.43. The summed E-state index contributed by atoms with van der Waals surface area (Å²) in [7, 11) is 4.16. The van der Waals surface area contributed by atoms with E-state index in [1.165, 1.54) is 0 Å². The molecule has 0 spiro atoms. The molecule has 0 N–H and O–H groups in total. The van der Waals surface area contributed by atoms with Gasteiger partial charge in [0.25, 0.3) is 5.69 Å². The molecule has 0 atom stereocenters. The van der Waals surface area contributed by atoms with Crippen molar-refractivity contribution < 1.29 is 4.92 Å². The van der Waals surface area contributed by atoms with Crippen molar-refractivity contribution in [1.29, 1.82) is 0 Å². The molecule has 1 aliphatic heterocycles. The van der Waals surface area contributed by atoms with Gasteiger partial charge in [-0.2, -0.15) is 0 Å². The Morgan fingerprint density at radius 3 is 2.67 bits per heavy atom. The van der Waals surface area contributed by atoms with Crippen LogP contribution in [0.4, 0.5) is 11.4 Å². The molecular formula is C15H24N4O2. The van der Waals surface area contributed by atoms with Gasteiger partial charge >= 0.3 is 0 Å². The van der Waals surface area contributed by atoms with Crippen molar-refractivity contribution in [2.75, 3.05) is 58.3 Å². The second-order valence-electron chi connectivity index (χ2n) is 5.73. The first kappa shape index (κ1) is 15.7. The van der Waals surface area contributed by atoms with E-state index in [0.717, 1.165) is 51.4 Å². The molecule has 1 aromatic rings. The van der Waals surface area contributed by atoms with Crippen LogP contribution in [0.3, 0.4) is 0 Å². The van der Waals surface area contributed by atoms with E-state index in [4.69, 9.17) is 0 Å². The average molecular weight is 292 g/mol. The molecule has 0 amide bonds. The predicted octanol–water partition coefficient (Wildman–Crippen LogP) is 1.67. The molecule has 0 aliphatic carbocycles. The van der Waals surface area contributed by atoms with Crippen LogP contribution in [0, 0.1) is 10.1 Å². The lowest BCUT2D eigenvalue weighted by Gasteiger charge is -2.24. The highest BCUT2D eigenvalue weighted by Crippen LogP contribution is 2.28. The van der Waals surface area contributed by atoms with Gasteiger partial charge < -0.3 is 14.7 Å². The number of anilines is 1. The fourth-order valence-electron chi connectivity index (χ4n) is 2.66. The van der Waals surface area contributed by atoms with Gasteiger partial charge in [0.15, 0.2) is 0 Å². The summed E-state index contributed by atoms with van der Waals surface area (Å²) in [6, 6.07) is 7.04. The van der Waals surface area contributed by atoms with Crippen molar-refractivity contribution in [2.24, 2.45) is 0 Å². The minimum atomic E-state index is -0.288. The number of nitrogens with zero attached hydrogens (tertiary/aromatic N) is 4. The van der Waals surface area contributed by atoms with Gasteiger partial charge in [0, 0.05) is 38.8 Å². The Morgan fingerprint density at radius 2 is 1.95 bits per heavy atom. The van der Waals surface area contributed by atoms with E-state index in [2.05, 4.69) is 28.8 Å². The Hall–Kier alpha value is -1.66. The molecule has 1 aliphatic rings. The van der Waals surface area contributed by atoms with Gasteiger partial charge in [-0.3, -0.25) is 10.1 Å². The summed E-state index contributed by atoms with van der Waals surface area (Å²) < 4.78 is 0. The summed E-state index contributed by atoms with van der Waals surface area (Å²) in [5, 5.41) is 11.2. The van der Waals surface area contributed by atoms with Gasteiger partial charge in [-0.15, -0.1) is 0 Å². The van der Waals surface area contributed by atoms with Crippen LogP contribution in [-0.4, -0.2) is 68.1 Å².